The zero-order valence-corrected chi connectivity index (χ0v) is 15.4. The van der Waals surface area contributed by atoms with Crippen molar-refractivity contribution in [3.8, 4) is 0 Å². The number of ether oxygens (including phenoxy) is 2. The van der Waals surface area contributed by atoms with Gasteiger partial charge in [0.2, 0.25) is 0 Å². The molecule has 0 aromatic heterocycles. The van der Waals surface area contributed by atoms with Crippen LogP contribution in [-0.2, 0) is 19.1 Å². The second-order valence-corrected chi connectivity index (χ2v) is 6.72. The smallest absolute Gasteiger partial charge is 0.334 e. The quantitative estimate of drug-likeness (QED) is 0.453. The van der Waals surface area contributed by atoms with Gasteiger partial charge >= 0.3 is 11.9 Å². The number of hydrogen-bond acceptors (Lipinski definition) is 6. The number of aliphatic hydroxyl groups excluding tert-OH is 2. The molecule has 6 nitrogen and oxygen atoms in total. The molecule has 0 unspecified atom stereocenters. The first-order valence-corrected chi connectivity index (χ1v) is 8.67. The van der Waals surface area contributed by atoms with Gasteiger partial charge in [-0.15, -0.1) is 0 Å². The summed E-state index contributed by atoms with van der Waals surface area (Å²) in [5.41, 5.74) is 1.95. The van der Waals surface area contributed by atoms with E-state index in [1.807, 2.05) is 0 Å². The summed E-state index contributed by atoms with van der Waals surface area (Å²) in [6.45, 7) is 8.71. The molecule has 0 aromatic carbocycles. The predicted molar refractivity (Wildman–Crippen MR) is 96.0 cm³/mol. The van der Waals surface area contributed by atoms with Crippen LogP contribution in [0.3, 0.4) is 0 Å². The number of allylic oxidation sites excluding steroid dienone is 1. The van der Waals surface area contributed by atoms with Crippen molar-refractivity contribution in [1.29, 1.82) is 0 Å². The van der Waals surface area contributed by atoms with Crippen LogP contribution in [0.25, 0.3) is 0 Å². The molecule has 2 rings (SSSR count). The Morgan fingerprint density at radius 1 is 1.50 bits per heavy atom. The van der Waals surface area contributed by atoms with E-state index >= 15 is 0 Å². The average Bonchev–Trinajstić information content (AvgIpc) is 2.89. The lowest BCUT2D eigenvalue weighted by molar-refractivity contribution is -0.147. The van der Waals surface area contributed by atoms with E-state index < -0.39 is 36.2 Å². The molecule has 0 amide bonds. The first-order valence-electron chi connectivity index (χ1n) is 8.67. The highest BCUT2D eigenvalue weighted by atomic mass is 16.6. The summed E-state index contributed by atoms with van der Waals surface area (Å²) in [6, 6.07) is 0. The minimum absolute atomic E-state index is 0.224. The van der Waals surface area contributed by atoms with E-state index in [2.05, 4.69) is 6.58 Å². The zero-order valence-electron chi connectivity index (χ0n) is 15.4. The Kier molecular flexibility index (Phi) is 6.56. The molecule has 0 saturated carbocycles. The maximum Gasteiger partial charge on any atom is 0.334 e. The van der Waals surface area contributed by atoms with Gasteiger partial charge in [-0.3, -0.25) is 0 Å². The van der Waals surface area contributed by atoms with Crippen molar-refractivity contribution in [3.63, 3.8) is 0 Å². The zero-order chi connectivity index (χ0) is 19.4. The summed E-state index contributed by atoms with van der Waals surface area (Å²) in [7, 11) is 0. The number of carbonyl (C=O) groups is 2. The van der Waals surface area contributed by atoms with Gasteiger partial charge in [0.05, 0.1) is 18.6 Å². The standard InChI is InChI=1S/C20H26O6/c1-5-11(2)19(23)25-17-9-14(10-21)6-7-15(22)12(3)8-16-18(17)13(4)20(24)26-16/h5-6,8,15-18,21-22H,4,7,9-10H2,1-3H3/b11-5+,12-8+,14-6-/t15-,16+,17+,18-/m0/s1. The minimum Gasteiger partial charge on any atom is -0.458 e. The maximum atomic E-state index is 12.3. The van der Waals surface area contributed by atoms with Gasteiger partial charge in [-0.2, -0.15) is 0 Å². The number of hydrogen-bond donors (Lipinski definition) is 2. The van der Waals surface area contributed by atoms with Gasteiger partial charge in [-0.1, -0.05) is 18.7 Å². The fraction of sp³-hybridized carbons (Fsp3) is 0.500. The van der Waals surface area contributed by atoms with E-state index in [0.717, 1.165) is 0 Å². The van der Waals surface area contributed by atoms with Crippen LogP contribution in [0.1, 0.15) is 33.6 Å². The summed E-state index contributed by atoms with van der Waals surface area (Å²) in [6.07, 6.45) is 3.50. The number of carbonyl (C=O) groups excluding carboxylic acids is 2. The molecule has 1 heterocycles. The Morgan fingerprint density at radius 3 is 2.81 bits per heavy atom. The SMILES string of the molecule is C=C1C(=O)O[C@@H]2/C=C(\C)[C@@H](O)C/C=C(\CO)C[C@@H](OC(=O)/C(C)=C/C)[C@@H]12. The Hall–Kier alpha value is -2.18. The highest BCUT2D eigenvalue weighted by Gasteiger charge is 2.44. The lowest BCUT2D eigenvalue weighted by Crippen LogP contribution is -2.34. The molecule has 1 aliphatic heterocycles. The van der Waals surface area contributed by atoms with Crippen molar-refractivity contribution in [3.05, 3.63) is 47.1 Å². The minimum atomic E-state index is -0.742. The highest BCUT2D eigenvalue weighted by Crippen LogP contribution is 2.36. The molecule has 0 spiro atoms. The molecule has 1 fully saturated rings. The van der Waals surface area contributed by atoms with E-state index in [1.54, 1.807) is 39.0 Å². The predicted octanol–water partition coefficient (Wildman–Crippen LogP) is 1.98. The number of aliphatic hydroxyl groups is 2. The van der Waals surface area contributed by atoms with E-state index in [-0.39, 0.29) is 18.6 Å². The Balaban J connectivity index is 2.45. The number of esters is 2. The second-order valence-electron chi connectivity index (χ2n) is 6.72. The largest absolute Gasteiger partial charge is 0.458 e. The van der Waals surface area contributed by atoms with Gasteiger partial charge in [0.1, 0.15) is 12.2 Å². The van der Waals surface area contributed by atoms with Crippen molar-refractivity contribution < 1.29 is 29.3 Å². The van der Waals surface area contributed by atoms with Gasteiger partial charge in [-0.05, 0) is 44.4 Å². The third kappa shape index (κ3) is 4.31. The third-order valence-corrected chi connectivity index (χ3v) is 4.92. The van der Waals surface area contributed by atoms with Gasteiger partial charge < -0.3 is 19.7 Å². The van der Waals surface area contributed by atoms with Crippen molar-refractivity contribution in [2.24, 2.45) is 5.92 Å². The lowest BCUT2D eigenvalue weighted by Gasteiger charge is -2.28. The summed E-state index contributed by atoms with van der Waals surface area (Å²) < 4.78 is 11.0. The van der Waals surface area contributed by atoms with Crippen molar-refractivity contribution in [2.45, 2.75) is 51.9 Å². The molecule has 0 bridgehead atoms. The van der Waals surface area contributed by atoms with E-state index in [9.17, 15) is 19.8 Å². The van der Waals surface area contributed by atoms with Crippen LogP contribution in [-0.4, -0.2) is 47.1 Å². The van der Waals surface area contributed by atoms with Gasteiger partial charge in [-0.25, -0.2) is 9.59 Å². The average molecular weight is 362 g/mol. The number of fused-ring (bicyclic) bond motifs is 1. The molecule has 0 aromatic rings. The third-order valence-electron chi connectivity index (χ3n) is 4.92. The molecule has 4 atom stereocenters. The van der Waals surface area contributed by atoms with E-state index in [4.69, 9.17) is 9.47 Å². The Bertz CT molecular complexity index is 684. The first kappa shape index (κ1) is 20.1. The first-order chi connectivity index (χ1) is 12.3. The molecule has 1 aliphatic carbocycles. The summed E-state index contributed by atoms with van der Waals surface area (Å²) in [5.74, 6) is -1.61. The van der Waals surface area contributed by atoms with Gasteiger partial charge in [0.15, 0.2) is 0 Å². The van der Waals surface area contributed by atoms with E-state index in [1.165, 1.54) is 0 Å². The maximum absolute atomic E-state index is 12.3. The molecule has 26 heavy (non-hydrogen) atoms. The highest BCUT2D eigenvalue weighted by molar-refractivity contribution is 5.92. The molecule has 6 heteroatoms. The number of rotatable bonds is 3. The van der Waals surface area contributed by atoms with Gasteiger partial charge in [0, 0.05) is 17.6 Å². The fourth-order valence-corrected chi connectivity index (χ4v) is 3.08. The summed E-state index contributed by atoms with van der Waals surface area (Å²) in [5, 5.41) is 19.9. The van der Waals surface area contributed by atoms with Crippen LogP contribution in [0.15, 0.2) is 47.1 Å². The van der Waals surface area contributed by atoms with Crippen LogP contribution in [0, 0.1) is 5.92 Å². The molecule has 1 saturated heterocycles. The van der Waals surface area contributed by atoms with Crippen molar-refractivity contribution >= 4 is 11.9 Å². The van der Waals surface area contributed by atoms with Crippen LogP contribution < -0.4 is 0 Å². The lowest BCUT2D eigenvalue weighted by atomic mass is 9.85. The molecule has 2 aliphatic rings. The van der Waals surface area contributed by atoms with Crippen LogP contribution in [0.4, 0.5) is 0 Å². The molecular formula is C20H26O6. The van der Waals surface area contributed by atoms with Crippen LogP contribution >= 0.6 is 0 Å². The molecule has 142 valence electrons. The topological polar surface area (TPSA) is 93.1 Å². The van der Waals surface area contributed by atoms with Crippen molar-refractivity contribution in [2.75, 3.05) is 6.61 Å². The summed E-state index contributed by atoms with van der Waals surface area (Å²) >= 11 is 0. The van der Waals surface area contributed by atoms with Gasteiger partial charge in [0.25, 0.3) is 0 Å². The fourth-order valence-electron chi connectivity index (χ4n) is 3.08. The summed E-state index contributed by atoms with van der Waals surface area (Å²) in [4.78, 5) is 24.4. The normalized spacial score (nSPS) is 34.1. The monoisotopic (exact) mass is 362 g/mol. The molecule has 0 radical (unpaired) electrons. The van der Waals surface area contributed by atoms with E-state index in [0.29, 0.717) is 23.1 Å². The van der Waals surface area contributed by atoms with Crippen LogP contribution in [0.5, 0.6) is 0 Å². The Labute approximate surface area is 153 Å². The molecule has 2 N–H and O–H groups in total. The van der Waals surface area contributed by atoms with Crippen molar-refractivity contribution in [1.82, 2.24) is 0 Å². The molecular weight excluding hydrogens is 336 g/mol. The van der Waals surface area contributed by atoms with Crippen LogP contribution in [0.2, 0.25) is 0 Å². The Morgan fingerprint density at radius 2 is 2.19 bits per heavy atom. The second kappa shape index (κ2) is 8.47.